The molecule has 0 radical (unpaired) electrons. The Morgan fingerprint density at radius 1 is 1.58 bits per heavy atom. The van der Waals surface area contributed by atoms with Gasteiger partial charge in [0.25, 0.3) is 0 Å². The van der Waals surface area contributed by atoms with E-state index in [4.69, 9.17) is 0 Å². The first-order valence-electron chi connectivity index (χ1n) is 4.24. The summed E-state index contributed by atoms with van der Waals surface area (Å²) in [5.74, 6) is 0. The topological polar surface area (TPSA) is 15.3 Å². The predicted octanol–water partition coefficient (Wildman–Crippen LogP) is 1.79. The normalized spacial score (nSPS) is 10.2. The molecule has 0 atom stereocenters. The van der Waals surface area contributed by atoms with Crippen LogP contribution in [0.15, 0.2) is 17.5 Å². The third kappa shape index (κ3) is 2.83. The minimum atomic E-state index is 1.09. The molecule has 0 saturated carbocycles. The zero-order valence-corrected chi connectivity index (χ0v) is 8.53. The molecule has 1 heterocycles. The largest absolute Gasteiger partial charge is 0.366 e. The van der Waals surface area contributed by atoms with Gasteiger partial charge in [-0.1, -0.05) is 0 Å². The highest BCUT2D eigenvalue weighted by molar-refractivity contribution is 7.14. The van der Waals surface area contributed by atoms with E-state index in [1.165, 1.54) is 11.4 Å². The van der Waals surface area contributed by atoms with Crippen molar-refractivity contribution in [3.63, 3.8) is 0 Å². The molecule has 0 aliphatic carbocycles. The van der Waals surface area contributed by atoms with E-state index in [-0.39, 0.29) is 0 Å². The Morgan fingerprint density at radius 3 is 3.00 bits per heavy atom. The lowest BCUT2D eigenvalue weighted by Crippen LogP contribution is -2.21. The molecule has 0 aliphatic rings. The minimum Gasteiger partial charge on any atom is -0.366 e. The van der Waals surface area contributed by atoms with Crippen LogP contribution in [0.1, 0.15) is 6.42 Å². The van der Waals surface area contributed by atoms with Crippen molar-refractivity contribution in [3.05, 3.63) is 17.5 Å². The fraction of sp³-hybridized carbons (Fsp3) is 0.556. The summed E-state index contributed by atoms with van der Waals surface area (Å²) >= 11 is 1.79. The van der Waals surface area contributed by atoms with E-state index in [0.29, 0.717) is 0 Å². The van der Waals surface area contributed by atoms with Gasteiger partial charge in [-0.15, -0.1) is 11.3 Å². The molecule has 1 rings (SSSR count). The van der Waals surface area contributed by atoms with E-state index in [1.54, 1.807) is 11.3 Å². The van der Waals surface area contributed by atoms with Crippen LogP contribution in [0.5, 0.6) is 0 Å². The first-order valence-corrected chi connectivity index (χ1v) is 5.12. The zero-order valence-electron chi connectivity index (χ0n) is 7.71. The van der Waals surface area contributed by atoms with Gasteiger partial charge in [0.05, 0.1) is 5.00 Å². The fourth-order valence-electron chi connectivity index (χ4n) is 1.09. The molecule has 0 amide bonds. The van der Waals surface area contributed by atoms with Crippen molar-refractivity contribution in [2.24, 2.45) is 0 Å². The second kappa shape index (κ2) is 5.17. The Balaban J connectivity index is 2.25. The summed E-state index contributed by atoms with van der Waals surface area (Å²) in [4.78, 5) is 2.29. The molecule has 68 valence electrons. The molecular formula is C9H16N2S. The molecule has 3 heteroatoms. The maximum atomic E-state index is 3.15. The molecule has 0 unspecified atom stereocenters. The van der Waals surface area contributed by atoms with Crippen molar-refractivity contribution >= 4 is 16.3 Å². The summed E-state index contributed by atoms with van der Waals surface area (Å²) in [6.45, 7) is 2.22. The van der Waals surface area contributed by atoms with Crippen LogP contribution >= 0.6 is 11.3 Å². The van der Waals surface area contributed by atoms with Crippen LogP contribution in [-0.2, 0) is 0 Å². The number of nitrogens with zero attached hydrogens (tertiary/aromatic N) is 1. The van der Waals surface area contributed by atoms with Gasteiger partial charge in [-0.3, -0.25) is 0 Å². The molecule has 1 aromatic heterocycles. The monoisotopic (exact) mass is 184 g/mol. The molecule has 2 nitrogen and oxygen atoms in total. The number of nitrogens with one attached hydrogen (secondary N) is 1. The van der Waals surface area contributed by atoms with Gasteiger partial charge >= 0.3 is 0 Å². The van der Waals surface area contributed by atoms with Crippen molar-refractivity contribution in [2.75, 3.05) is 32.1 Å². The fourth-order valence-corrected chi connectivity index (χ4v) is 1.82. The van der Waals surface area contributed by atoms with Crippen LogP contribution in [0.4, 0.5) is 5.00 Å². The Bertz CT molecular complexity index is 196. The van der Waals surface area contributed by atoms with Gasteiger partial charge in [0.2, 0.25) is 0 Å². The van der Waals surface area contributed by atoms with Crippen molar-refractivity contribution in [2.45, 2.75) is 6.42 Å². The van der Waals surface area contributed by atoms with Crippen LogP contribution in [0.25, 0.3) is 0 Å². The van der Waals surface area contributed by atoms with Gasteiger partial charge < -0.3 is 10.2 Å². The molecular weight excluding hydrogens is 168 g/mol. The average molecular weight is 184 g/mol. The minimum absolute atomic E-state index is 1.09. The van der Waals surface area contributed by atoms with Crippen LogP contribution in [-0.4, -0.2) is 27.2 Å². The lowest BCUT2D eigenvalue weighted by atomic mass is 10.4. The lowest BCUT2D eigenvalue weighted by Gasteiger charge is -2.16. The quantitative estimate of drug-likeness (QED) is 0.702. The van der Waals surface area contributed by atoms with Crippen molar-refractivity contribution in [1.82, 2.24) is 5.32 Å². The summed E-state index contributed by atoms with van der Waals surface area (Å²) in [7, 11) is 4.13. The van der Waals surface area contributed by atoms with Crippen molar-refractivity contribution in [1.29, 1.82) is 0 Å². The van der Waals surface area contributed by atoms with Crippen LogP contribution in [0, 0.1) is 0 Å². The van der Waals surface area contributed by atoms with Gasteiger partial charge in [0, 0.05) is 13.6 Å². The predicted molar refractivity (Wildman–Crippen MR) is 56.1 cm³/mol. The van der Waals surface area contributed by atoms with Gasteiger partial charge in [-0.2, -0.15) is 0 Å². The maximum absolute atomic E-state index is 3.15. The van der Waals surface area contributed by atoms with Gasteiger partial charge in [-0.05, 0) is 37.5 Å². The van der Waals surface area contributed by atoms with E-state index in [9.17, 15) is 0 Å². The molecule has 1 N–H and O–H groups in total. The average Bonchev–Trinajstić information content (AvgIpc) is 2.56. The molecule has 1 aromatic rings. The van der Waals surface area contributed by atoms with E-state index < -0.39 is 0 Å². The Morgan fingerprint density at radius 2 is 2.42 bits per heavy atom. The number of thiophene rings is 1. The van der Waals surface area contributed by atoms with E-state index >= 15 is 0 Å². The van der Waals surface area contributed by atoms with E-state index in [2.05, 4.69) is 34.8 Å². The summed E-state index contributed by atoms with van der Waals surface area (Å²) < 4.78 is 0. The highest BCUT2D eigenvalue weighted by atomic mass is 32.1. The summed E-state index contributed by atoms with van der Waals surface area (Å²) in [6, 6.07) is 4.25. The Kier molecular flexibility index (Phi) is 4.11. The van der Waals surface area contributed by atoms with Crippen molar-refractivity contribution in [3.8, 4) is 0 Å². The molecule has 0 spiro atoms. The standard InChI is InChI=1S/C9H16N2S/c1-10-6-4-7-11(2)9-5-3-8-12-9/h3,5,8,10H,4,6-7H2,1-2H3. The number of hydrogen-bond donors (Lipinski definition) is 1. The zero-order chi connectivity index (χ0) is 8.81. The van der Waals surface area contributed by atoms with E-state index in [1.807, 2.05) is 7.05 Å². The highest BCUT2D eigenvalue weighted by Crippen LogP contribution is 2.19. The lowest BCUT2D eigenvalue weighted by molar-refractivity contribution is 0.715. The number of anilines is 1. The van der Waals surface area contributed by atoms with Gasteiger partial charge in [0.1, 0.15) is 0 Å². The highest BCUT2D eigenvalue weighted by Gasteiger charge is 1.99. The summed E-state index contributed by atoms with van der Waals surface area (Å²) in [6.07, 6.45) is 1.20. The third-order valence-electron chi connectivity index (χ3n) is 1.80. The first kappa shape index (κ1) is 9.55. The summed E-state index contributed by atoms with van der Waals surface area (Å²) in [5, 5.41) is 6.61. The van der Waals surface area contributed by atoms with Crippen molar-refractivity contribution < 1.29 is 0 Å². The smallest absolute Gasteiger partial charge is 0.0905 e. The number of hydrogen-bond acceptors (Lipinski definition) is 3. The Labute approximate surface area is 78.2 Å². The van der Waals surface area contributed by atoms with Crippen LogP contribution in [0.2, 0.25) is 0 Å². The third-order valence-corrected chi connectivity index (χ3v) is 2.79. The second-order valence-electron chi connectivity index (χ2n) is 2.83. The molecule has 0 aliphatic heterocycles. The SMILES string of the molecule is CNCCCN(C)c1cccs1. The molecule has 0 aromatic carbocycles. The molecule has 0 saturated heterocycles. The van der Waals surface area contributed by atoms with Gasteiger partial charge in [-0.25, -0.2) is 0 Å². The van der Waals surface area contributed by atoms with Crippen LogP contribution < -0.4 is 10.2 Å². The van der Waals surface area contributed by atoms with E-state index in [0.717, 1.165) is 13.1 Å². The summed E-state index contributed by atoms with van der Waals surface area (Å²) in [5.41, 5.74) is 0. The van der Waals surface area contributed by atoms with Crippen LogP contribution in [0.3, 0.4) is 0 Å². The molecule has 12 heavy (non-hydrogen) atoms. The second-order valence-corrected chi connectivity index (χ2v) is 3.76. The first-order chi connectivity index (χ1) is 5.84. The Hall–Kier alpha value is -0.540. The molecule has 0 fully saturated rings. The molecule has 0 bridgehead atoms. The number of rotatable bonds is 5. The maximum Gasteiger partial charge on any atom is 0.0905 e. The van der Waals surface area contributed by atoms with Gasteiger partial charge in [0.15, 0.2) is 0 Å².